The fourth-order valence-electron chi connectivity index (χ4n) is 3.57. The summed E-state index contributed by atoms with van der Waals surface area (Å²) in [5.74, 6) is 2.79. The van der Waals surface area contributed by atoms with Gasteiger partial charge in [-0.05, 0) is 51.0 Å². The van der Waals surface area contributed by atoms with Crippen LogP contribution < -0.4 is 10.6 Å². The third-order valence-corrected chi connectivity index (χ3v) is 5.61. The Labute approximate surface area is 151 Å². The smallest absolute Gasteiger partial charge is 0.225 e. The molecule has 2 rings (SSSR count). The van der Waals surface area contributed by atoms with E-state index in [2.05, 4.69) is 33.7 Å². The fraction of sp³-hybridized carbons (Fsp3) is 0.889. The van der Waals surface area contributed by atoms with E-state index in [0.29, 0.717) is 17.9 Å². The summed E-state index contributed by atoms with van der Waals surface area (Å²) in [5.41, 5.74) is 0. The van der Waals surface area contributed by atoms with Crippen molar-refractivity contribution >= 4 is 23.6 Å². The predicted molar refractivity (Wildman–Crippen MR) is 104 cm³/mol. The second-order valence-corrected chi connectivity index (χ2v) is 7.84. The predicted octanol–water partition coefficient (Wildman–Crippen LogP) is 2.48. The molecule has 1 amide bonds. The maximum absolute atomic E-state index is 12.5. The zero-order valence-electron chi connectivity index (χ0n) is 15.4. The Balaban J connectivity index is 1.75. The molecule has 2 N–H and O–H groups in total. The summed E-state index contributed by atoms with van der Waals surface area (Å²) in [4.78, 5) is 19.3. The van der Waals surface area contributed by atoms with E-state index in [1.807, 2.05) is 11.8 Å². The summed E-state index contributed by atoms with van der Waals surface area (Å²) in [5, 5.41) is 6.85. The van der Waals surface area contributed by atoms with Crippen LogP contribution in [0.2, 0.25) is 0 Å². The zero-order chi connectivity index (χ0) is 17.2. The van der Waals surface area contributed by atoms with Gasteiger partial charge in [-0.25, -0.2) is 0 Å². The number of nitrogens with one attached hydrogen (secondary N) is 2. The van der Waals surface area contributed by atoms with Gasteiger partial charge in [-0.1, -0.05) is 12.8 Å². The summed E-state index contributed by atoms with van der Waals surface area (Å²) in [7, 11) is 0. The summed E-state index contributed by atoms with van der Waals surface area (Å²) < 4.78 is 0. The van der Waals surface area contributed by atoms with Crippen molar-refractivity contribution in [2.45, 2.75) is 57.9 Å². The van der Waals surface area contributed by atoms with E-state index >= 15 is 0 Å². The van der Waals surface area contributed by atoms with E-state index in [1.165, 1.54) is 25.0 Å². The lowest BCUT2D eigenvalue weighted by Gasteiger charge is -2.21. The van der Waals surface area contributed by atoms with Crippen molar-refractivity contribution in [1.82, 2.24) is 15.5 Å². The van der Waals surface area contributed by atoms with Gasteiger partial charge in [-0.15, -0.1) is 0 Å². The Morgan fingerprint density at radius 2 is 2.04 bits per heavy atom. The lowest BCUT2D eigenvalue weighted by atomic mass is 10.1. The van der Waals surface area contributed by atoms with Crippen LogP contribution in [0.1, 0.15) is 51.9 Å². The molecule has 2 aliphatic rings. The average Bonchev–Trinajstić information content (AvgIpc) is 3.26. The Bertz CT molecular complexity index is 410. The number of guanidine groups is 1. The van der Waals surface area contributed by atoms with Crippen LogP contribution in [0.4, 0.5) is 0 Å². The second kappa shape index (κ2) is 10.9. The van der Waals surface area contributed by atoms with E-state index in [9.17, 15) is 4.79 Å². The van der Waals surface area contributed by atoms with Crippen LogP contribution in [0.25, 0.3) is 0 Å². The Morgan fingerprint density at radius 3 is 2.75 bits per heavy atom. The molecule has 24 heavy (non-hydrogen) atoms. The van der Waals surface area contributed by atoms with Gasteiger partial charge >= 0.3 is 0 Å². The lowest BCUT2D eigenvalue weighted by Crippen LogP contribution is -2.45. The first-order chi connectivity index (χ1) is 11.7. The van der Waals surface area contributed by atoms with Crippen molar-refractivity contribution in [2.24, 2.45) is 10.9 Å². The molecule has 1 aliphatic carbocycles. The molecule has 2 fully saturated rings. The quantitative estimate of drug-likeness (QED) is 0.399. The minimum atomic E-state index is 0.294. The van der Waals surface area contributed by atoms with Crippen LogP contribution in [0.5, 0.6) is 0 Å². The summed E-state index contributed by atoms with van der Waals surface area (Å²) >= 11 is 1.89. The van der Waals surface area contributed by atoms with Gasteiger partial charge in [0.2, 0.25) is 5.91 Å². The monoisotopic (exact) mass is 354 g/mol. The summed E-state index contributed by atoms with van der Waals surface area (Å²) in [6.07, 6.45) is 10.1. The number of likely N-dealkylation sites (tertiary alicyclic amines) is 1. The van der Waals surface area contributed by atoms with E-state index in [0.717, 1.165) is 57.8 Å². The van der Waals surface area contributed by atoms with Crippen LogP contribution in [0.3, 0.4) is 0 Å². The van der Waals surface area contributed by atoms with E-state index in [1.54, 1.807) is 0 Å². The van der Waals surface area contributed by atoms with Crippen molar-refractivity contribution in [2.75, 3.05) is 38.2 Å². The highest BCUT2D eigenvalue weighted by molar-refractivity contribution is 7.98. The average molecular weight is 355 g/mol. The maximum atomic E-state index is 12.5. The Kier molecular flexibility index (Phi) is 8.78. The molecule has 0 aromatic carbocycles. The van der Waals surface area contributed by atoms with Gasteiger partial charge in [0, 0.05) is 38.1 Å². The largest absolute Gasteiger partial charge is 0.357 e. The number of carbonyl (C=O) groups excluding carboxylic acids is 1. The van der Waals surface area contributed by atoms with Gasteiger partial charge in [0.25, 0.3) is 0 Å². The van der Waals surface area contributed by atoms with Gasteiger partial charge in [-0.2, -0.15) is 11.8 Å². The van der Waals surface area contributed by atoms with Crippen LogP contribution in [0, 0.1) is 5.92 Å². The first-order valence-electron chi connectivity index (χ1n) is 9.57. The van der Waals surface area contributed by atoms with Gasteiger partial charge in [0.1, 0.15) is 0 Å². The molecule has 1 heterocycles. The number of unbranched alkanes of at least 4 members (excludes halogenated alkanes) is 1. The van der Waals surface area contributed by atoms with Crippen LogP contribution in [-0.2, 0) is 4.79 Å². The number of nitrogens with zero attached hydrogens (tertiary/aromatic N) is 2. The van der Waals surface area contributed by atoms with E-state index in [4.69, 9.17) is 0 Å². The third-order valence-electron chi connectivity index (χ3n) is 4.92. The first-order valence-corrected chi connectivity index (χ1v) is 11.0. The minimum Gasteiger partial charge on any atom is -0.357 e. The highest BCUT2D eigenvalue weighted by Crippen LogP contribution is 2.27. The van der Waals surface area contributed by atoms with Crippen LogP contribution >= 0.6 is 11.8 Å². The van der Waals surface area contributed by atoms with Gasteiger partial charge in [0.15, 0.2) is 5.96 Å². The minimum absolute atomic E-state index is 0.294. The third kappa shape index (κ3) is 6.19. The Hall–Kier alpha value is -0.910. The lowest BCUT2D eigenvalue weighted by molar-refractivity contribution is -0.134. The zero-order valence-corrected chi connectivity index (χ0v) is 16.2. The van der Waals surface area contributed by atoms with Crippen molar-refractivity contribution in [1.29, 1.82) is 0 Å². The molecule has 0 spiro atoms. The molecule has 1 aliphatic heterocycles. The number of rotatable bonds is 8. The van der Waals surface area contributed by atoms with Crippen molar-refractivity contribution in [3.63, 3.8) is 0 Å². The number of hydrogen-bond donors (Lipinski definition) is 2. The summed E-state index contributed by atoms with van der Waals surface area (Å²) in [6, 6.07) is 0.333. The SMILES string of the molecule is CCNC(=NCCCCSC)NC1CCN(C(=O)C2CCCC2)C1. The molecule has 0 radical (unpaired) electrons. The highest BCUT2D eigenvalue weighted by atomic mass is 32.2. The molecule has 6 heteroatoms. The molecule has 138 valence electrons. The number of thioether (sulfide) groups is 1. The second-order valence-electron chi connectivity index (χ2n) is 6.86. The first kappa shape index (κ1) is 19.4. The molecule has 0 bridgehead atoms. The standard InChI is InChI=1S/C18H34N4OS/c1-3-19-18(20-11-6-7-13-24-2)21-16-10-12-22(14-16)17(23)15-8-4-5-9-15/h15-16H,3-14H2,1-2H3,(H2,19,20,21). The van der Waals surface area contributed by atoms with Crippen molar-refractivity contribution < 1.29 is 4.79 Å². The molecular weight excluding hydrogens is 320 g/mol. The molecule has 1 unspecified atom stereocenters. The Morgan fingerprint density at radius 1 is 1.25 bits per heavy atom. The van der Waals surface area contributed by atoms with E-state index in [-0.39, 0.29) is 0 Å². The molecule has 0 aromatic heterocycles. The van der Waals surface area contributed by atoms with Crippen LogP contribution in [0.15, 0.2) is 4.99 Å². The van der Waals surface area contributed by atoms with Gasteiger partial charge in [-0.3, -0.25) is 9.79 Å². The number of carbonyl (C=O) groups is 1. The van der Waals surface area contributed by atoms with Crippen molar-refractivity contribution in [3.8, 4) is 0 Å². The van der Waals surface area contributed by atoms with E-state index < -0.39 is 0 Å². The number of amides is 1. The number of aliphatic imine (C=N–C) groups is 1. The molecule has 1 saturated heterocycles. The molecule has 1 saturated carbocycles. The number of hydrogen-bond acceptors (Lipinski definition) is 3. The fourth-order valence-corrected chi connectivity index (χ4v) is 4.06. The molecule has 1 atom stereocenters. The maximum Gasteiger partial charge on any atom is 0.225 e. The van der Waals surface area contributed by atoms with Gasteiger partial charge in [0.05, 0.1) is 0 Å². The molecule has 5 nitrogen and oxygen atoms in total. The normalized spacial score (nSPS) is 22.2. The topological polar surface area (TPSA) is 56.7 Å². The van der Waals surface area contributed by atoms with Crippen molar-refractivity contribution in [3.05, 3.63) is 0 Å². The molecule has 0 aromatic rings. The van der Waals surface area contributed by atoms with Crippen LogP contribution in [-0.4, -0.2) is 61.0 Å². The highest BCUT2D eigenvalue weighted by Gasteiger charge is 2.32. The summed E-state index contributed by atoms with van der Waals surface area (Å²) in [6.45, 7) is 5.54. The van der Waals surface area contributed by atoms with Gasteiger partial charge < -0.3 is 15.5 Å². The molecular formula is C18H34N4OS.